The van der Waals surface area contributed by atoms with E-state index in [0.717, 1.165) is 0 Å². The summed E-state index contributed by atoms with van der Waals surface area (Å²) < 4.78 is 10.1. The van der Waals surface area contributed by atoms with Crippen LogP contribution in [0, 0.1) is 0 Å². The Morgan fingerprint density at radius 3 is 2.88 bits per heavy atom. The summed E-state index contributed by atoms with van der Waals surface area (Å²) in [6, 6.07) is 10.1. The Labute approximate surface area is 101 Å². The predicted molar refractivity (Wildman–Crippen MR) is 64.4 cm³/mol. The molecule has 0 aliphatic carbocycles. The Hall–Kier alpha value is -1.61. The standard InChI is InChI=1S/C14H16O3/c1-16-13(15)10-6-5-9-12-14(17-12)11-7-3-2-4-8-11/h2-5,7-9,12,14H,6,10H2,1H3/b9-5+/t12-,14+/m1/s1. The smallest absolute Gasteiger partial charge is 0.305 e. The van der Waals surface area contributed by atoms with E-state index in [-0.39, 0.29) is 18.2 Å². The SMILES string of the molecule is COC(=O)CC/C=C/[C@H]1O[C@H]1c1ccccc1. The van der Waals surface area contributed by atoms with Gasteiger partial charge in [-0.05, 0) is 12.0 Å². The molecule has 3 nitrogen and oxygen atoms in total. The Balaban J connectivity index is 1.73. The molecule has 2 atom stereocenters. The van der Waals surface area contributed by atoms with Crippen LogP contribution < -0.4 is 0 Å². The monoisotopic (exact) mass is 232 g/mol. The van der Waals surface area contributed by atoms with Crippen LogP contribution in [0.15, 0.2) is 42.5 Å². The summed E-state index contributed by atoms with van der Waals surface area (Å²) in [7, 11) is 1.40. The number of allylic oxidation sites excluding steroid dienone is 1. The molecule has 0 spiro atoms. The third kappa shape index (κ3) is 3.43. The van der Waals surface area contributed by atoms with Gasteiger partial charge in [-0.1, -0.05) is 42.5 Å². The summed E-state index contributed by atoms with van der Waals surface area (Å²) in [6.45, 7) is 0. The molecule has 0 bridgehead atoms. The first-order chi connectivity index (χ1) is 8.31. The van der Waals surface area contributed by atoms with Gasteiger partial charge in [-0.15, -0.1) is 0 Å². The van der Waals surface area contributed by atoms with E-state index < -0.39 is 0 Å². The second-order valence-electron chi connectivity index (χ2n) is 3.97. The van der Waals surface area contributed by atoms with Crippen molar-refractivity contribution in [3.05, 3.63) is 48.0 Å². The fourth-order valence-corrected chi connectivity index (χ4v) is 1.71. The molecule has 0 unspecified atom stereocenters. The highest BCUT2D eigenvalue weighted by Gasteiger charge is 2.37. The summed E-state index contributed by atoms with van der Waals surface area (Å²) in [5, 5.41) is 0. The molecule has 0 saturated carbocycles. The summed E-state index contributed by atoms with van der Waals surface area (Å²) in [4.78, 5) is 10.9. The minimum Gasteiger partial charge on any atom is -0.469 e. The van der Waals surface area contributed by atoms with Gasteiger partial charge in [0.15, 0.2) is 0 Å². The van der Waals surface area contributed by atoms with Crippen molar-refractivity contribution in [2.24, 2.45) is 0 Å². The molecule has 0 amide bonds. The second-order valence-corrected chi connectivity index (χ2v) is 3.97. The van der Waals surface area contributed by atoms with E-state index in [9.17, 15) is 4.79 Å². The van der Waals surface area contributed by atoms with Crippen LogP contribution in [0.3, 0.4) is 0 Å². The number of methoxy groups -OCH3 is 1. The lowest BCUT2D eigenvalue weighted by Gasteiger charge is -1.94. The fraction of sp³-hybridized carbons (Fsp3) is 0.357. The van der Waals surface area contributed by atoms with Crippen molar-refractivity contribution in [3.63, 3.8) is 0 Å². The molecule has 17 heavy (non-hydrogen) atoms. The molecule has 2 rings (SSSR count). The second kappa shape index (κ2) is 5.64. The van der Waals surface area contributed by atoms with Crippen molar-refractivity contribution in [2.75, 3.05) is 7.11 Å². The average molecular weight is 232 g/mol. The quantitative estimate of drug-likeness (QED) is 0.445. The number of ether oxygens (including phenoxy) is 2. The number of rotatable bonds is 5. The number of benzene rings is 1. The van der Waals surface area contributed by atoms with Gasteiger partial charge in [0.1, 0.15) is 12.2 Å². The topological polar surface area (TPSA) is 38.8 Å². The van der Waals surface area contributed by atoms with Gasteiger partial charge in [-0.25, -0.2) is 0 Å². The van der Waals surface area contributed by atoms with E-state index in [2.05, 4.69) is 16.9 Å². The van der Waals surface area contributed by atoms with Gasteiger partial charge < -0.3 is 9.47 Å². The lowest BCUT2D eigenvalue weighted by molar-refractivity contribution is -0.140. The van der Waals surface area contributed by atoms with E-state index in [0.29, 0.717) is 12.8 Å². The Bertz CT molecular complexity index is 397. The molecular formula is C14H16O3. The molecule has 1 saturated heterocycles. The Morgan fingerprint density at radius 1 is 1.41 bits per heavy atom. The highest BCUT2D eigenvalue weighted by Crippen LogP contribution is 2.39. The minimum absolute atomic E-state index is 0.162. The van der Waals surface area contributed by atoms with Gasteiger partial charge in [0.25, 0.3) is 0 Å². The third-order valence-corrected chi connectivity index (χ3v) is 2.72. The third-order valence-electron chi connectivity index (χ3n) is 2.72. The van der Waals surface area contributed by atoms with E-state index >= 15 is 0 Å². The van der Waals surface area contributed by atoms with Crippen LogP contribution in [-0.4, -0.2) is 19.2 Å². The molecule has 3 heteroatoms. The summed E-state index contributed by atoms with van der Waals surface area (Å²) >= 11 is 0. The average Bonchev–Trinajstić information content (AvgIpc) is 3.15. The zero-order valence-corrected chi connectivity index (χ0v) is 9.84. The number of carbonyl (C=O) groups is 1. The molecule has 0 N–H and O–H groups in total. The van der Waals surface area contributed by atoms with E-state index in [1.54, 1.807) is 0 Å². The normalized spacial score (nSPS) is 22.6. The van der Waals surface area contributed by atoms with Crippen LogP contribution in [0.2, 0.25) is 0 Å². The fourth-order valence-electron chi connectivity index (χ4n) is 1.71. The van der Waals surface area contributed by atoms with Gasteiger partial charge in [0.2, 0.25) is 0 Å². The van der Waals surface area contributed by atoms with Gasteiger partial charge in [-0.2, -0.15) is 0 Å². The van der Waals surface area contributed by atoms with Crippen molar-refractivity contribution in [1.82, 2.24) is 0 Å². The number of epoxide rings is 1. The first kappa shape index (κ1) is 11.9. The molecule has 1 aromatic carbocycles. The maximum Gasteiger partial charge on any atom is 0.305 e. The molecule has 1 fully saturated rings. The zero-order chi connectivity index (χ0) is 12.1. The first-order valence-electron chi connectivity index (χ1n) is 5.75. The molecule has 1 aliphatic heterocycles. The van der Waals surface area contributed by atoms with Crippen LogP contribution in [-0.2, 0) is 14.3 Å². The van der Waals surface area contributed by atoms with Gasteiger partial charge in [0, 0.05) is 6.42 Å². The number of hydrogen-bond acceptors (Lipinski definition) is 3. The van der Waals surface area contributed by atoms with E-state index in [1.165, 1.54) is 12.7 Å². The highest BCUT2D eigenvalue weighted by molar-refractivity contribution is 5.69. The first-order valence-corrected chi connectivity index (χ1v) is 5.75. The largest absolute Gasteiger partial charge is 0.469 e. The maximum absolute atomic E-state index is 10.9. The van der Waals surface area contributed by atoms with Crippen molar-refractivity contribution in [2.45, 2.75) is 25.0 Å². The Morgan fingerprint density at radius 2 is 2.18 bits per heavy atom. The number of carbonyl (C=O) groups excluding carboxylic acids is 1. The van der Waals surface area contributed by atoms with Crippen molar-refractivity contribution >= 4 is 5.97 Å². The van der Waals surface area contributed by atoms with Gasteiger partial charge in [-0.3, -0.25) is 4.79 Å². The Kier molecular flexibility index (Phi) is 3.94. The zero-order valence-electron chi connectivity index (χ0n) is 9.84. The molecule has 0 aromatic heterocycles. The summed E-state index contributed by atoms with van der Waals surface area (Å²) in [6.07, 6.45) is 5.47. The molecule has 90 valence electrons. The molecule has 1 aliphatic rings. The van der Waals surface area contributed by atoms with Gasteiger partial charge in [0.05, 0.1) is 7.11 Å². The van der Waals surface area contributed by atoms with Crippen molar-refractivity contribution < 1.29 is 14.3 Å². The van der Waals surface area contributed by atoms with E-state index in [1.807, 2.05) is 30.4 Å². The van der Waals surface area contributed by atoms with Crippen molar-refractivity contribution in [3.8, 4) is 0 Å². The molecule has 1 heterocycles. The van der Waals surface area contributed by atoms with Crippen LogP contribution in [0.25, 0.3) is 0 Å². The van der Waals surface area contributed by atoms with Crippen LogP contribution in [0.4, 0.5) is 0 Å². The maximum atomic E-state index is 10.9. The summed E-state index contributed by atoms with van der Waals surface area (Å²) in [5.74, 6) is -0.175. The van der Waals surface area contributed by atoms with Gasteiger partial charge >= 0.3 is 5.97 Å². The summed E-state index contributed by atoms with van der Waals surface area (Å²) in [5.41, 5.74) is 1.20. The lowest BCUT2D eigenvalue weighted by atomic mass is 10.1. The van der Waals surface area contributed by atoms with E-state index in [4.69, 9.17) is 4.74 Å². The molecule has 1 aromatic rings. The lowest BCUT2D eigenvalue weighted by Crippen LogP contribution is -1.98. The van der Waals surface area contributed by atoms with Crippen LogP contribution in [0.5, 0.6) is 0 Å². The number of esters is 1. The minimum atomic E-state index is -0.175. The van der Waals surface area contributed by atoms with Crippen LogP contribution >= 0.6 is 0 Å². The highest BCUT2D eigenvalue weighted by atomic mass is 16.6. The molecule has 0 radical (unpaired) electrons. The predicted octanol–water partition coefficient (Wildman–Crippen LogP) is 2.64. The number of hydrogen-bond donors (Lipinski definition) is 0. The molecular weight excluding hydrogens is 216 g/mol. The van der Waals surface area contributed by atoms with Crippen molar-refractivity contribution in [1.29, 1.82) is 0 Å². The van der Waals surface area contributed by atoms with Crippen LogP contribution in [0.1, 0.15) is 24.5 Å².